The molecule has 0 aliphatic rings. The molecular formula is C20H17BrFNO4. The van der Waals surface area contributed by atoms with Crippen LogP contribution in [0.25, 0.3) is 11.3 Å². The molecule has 0 spiro atoms. The van der Waals surface area contributed by atoms with Crippen LogP contribution in [0.5, 0.6) is 5.75 Å². The number of ether oxygens (including phenoxy) is 2. The fraction of sp³-hybridized carbons (Fsp3) is 0.200. The summed E-state index contributed by atoms with van der Waals surface area (Å²) in [5.41, 5.74) is 0.725. The zero-order chi connectivity index (χ0) is 19.1. The Morgan fingerprint density at radius 1 is 1.07 bits per heavy atom. The molecule has 0 atom stereocenters. The third-order valence-electron chi connectivity index (χ3n) is 3.65. The second-order valence-electron chi connectivity index (χ2n) is 5.65. The molecule has 27 heavy (non-hydrogen) atoms. The Morgan fingerprint density at radius 3 is 2.56 bits per heavy atom. The molecule has 0 fully saturated rings. The number of nitrogens with zero attached hydrogens (tertiary/aromatic N) is 1. The smallest absolute Gasteiger partial charge is 0.306 e. The molecule has 0 aliphatic heterocycles. The molecule has 0 N–H and O–H groups in total. The standard InChI is InChI=1S/C20H17BrFNO4/c21-15-3-7-17(8-4-15)25-11-12-26-20(24)10-9-19-23-13-18(27-19)14-1-5-16(22)6-2-14/h1-8,13H,9-12H2. The van der Waals surface area contributed by atoms with Crippen molar-refractivity contribution in [3.63, 3.8) is 0 Å². The van der Waals surface area contributed by atoms with E-state index < -0.39 is 0 Å². The first-order valence-electron chi connectivity index (χ1n) is 8.35. The molecule has 0 saturated heterocycles. The lowest BCUT2D eigenvalue weighted by Crippen LogP contribution is -2.12. The number of rotatable bonds is 8. The lowest BCUT2D eigenvalue weighted by Gasteiger charge is -2.07. The second-order valence-corrected chi connectivity index (χ2v) is 6.56. The average molecular weight is 434 g/mol. The van der Waals surface area contributed by atoms with Crippen LogP contribution in [0, 0.1) is 5.82 Å². The minimum atomic E-state index is -0.351. The van der Waals surface area contributed by atoms with Gasteiger partial charge in [0, 0.05) is 16.5 Å². The first kappa shape index (κ1) is 19.1. The lowest BCUT2D eigenvalue weighted by molar-refractivity contribution is -0.144. The van der Waals surface area contributed by atoms with Gasteiger partial charge in [-0.1, -0.05) is 15.9 Å². The number of aromatic nitrogens is 1. The van der Waals surface area contributed by atoms with Gasteiger partial charge >= 0.3 is 5.97 Å². The first-order chi connectivity index (χ1) is 13.1. The maximum atomic E-state index is 12.9. The van der Waals surface area contributed by atoms with Gasteiger partial charge in [0.15, 0.2) is 11.7 Å². The molecule has 0 saturated carbocycles. The molecule has 3 aromatic rings. The summed E-state index contributed by atoms with van der Waals surface area (Å²) in [6, 6.07) is 13.3. The van der Waals surface area contributed by atoms with Crippen LogP contribution in [-0.2, 0) is 16.0 Å². The Labute approximate surface area is 164 Å². The molecule has 0 amide bonds. The minimum absolute atomic E-state index is 0.154. The molecule has 0 bridgehead atoms. The first-order valence-corrected chi connectivity index (χ1v) is 9.14. The van der Waals surface area contributed by atoms with E-state index in [0.29, 0.717) is 23.8 Å². The van der Waals surface area contributed by atoms with Crippen molar-refractivity contribution in [3.8, 4) is 17.1 Å². The normalized spacial score (nSPS) is 10.6. The Bertz CT molecular complexity index is 878. The Morgan fingerprint density at radius 2 is 1.81 bits per heavy atom. The number of halogens is 2. The molecule has 1 aromatic heterocycles. The van der Waals surface area contributed by atoms with Gasteiger partial charge < -0.3 is 13.9 Å². The number of oxazole rings is 1. The van der Waals surface area contributed by atoms with Gasteiger partial charge in [-0.2, -0.15) is 0 Å². The fourth-order valence-electron chi connectivity index (χ4n) is 2.30. The van der Waals surface area contributed by atoms with E-state index >= 15 is 0 Å². The van der Waals surface area contributed by atoms with Crippen molar-refractivity contribution < 1.29 is 23.1 Å². The average Bonchev–Trinajstić information content (AvgIpc) is 3.14. The van der Waals surface area contributed by atoms with Crippen LogP contribution >= 0.6 is 15.9 Å². The number of carbonyl (C=O) groups is 1. The zero-order valence-electron chi connectivity index (χ0n) is 14.4. The van der Waals surface area contributed by atoms with Gasteiger partial charge in [-0.15, -0.1) is 0 Å². The summed E-state index contributed by atoms with van der Waals surface area (Å²) in [6.45, 7) is 0.447. The summed E-state index contributed by atoms with van der Waals surface area (Å²) < 4.78 is 30.1. The molecule has 2 aromatic carbocycles. The van der Waals surface area contributed by atoms with Crippen molar-refractivity contribution >= 4 is 21.9 Å². The highest BCUT2D eigenvalue weighted by atomic mass is 79.9. The third-order valence-corrected chi connectivity index (χ3v) is 4.18. The van der Waals surface area contributed by atoms with Gasteiger partial charge in [0.05, 0.1) is 12.6 Å². The van der Waals surface area contributed by atoms with E-state index in [-0.39, 0.29) is 31.4 Å². The van der Waals surface area contributed by atoms with Crippen LogP contribution in [0.4, 0.5) is 4.39 Å². The van der Waals surface area contributed by atoms with E-state index in [1.54, 1.807) is 18.3 Å². The largest absolute Gasteiger partial charge is 0.490 e. The number of aryl methyl sites for hydroxylation is 1. The van der Waals surface area contributed by atoms with E-state index in [1.807, 2.05) is 24.3 Å². The highest BCUT2D eigenvalue weighted by Crippen LogP contribution is 2.21. The summed E-state index contributed by atoms with van der Waals surface area (Å²) in [5, 5.41) is 0. The number of hydrogen-bond donors (Lipinski definition) is 0. The predicted octanol–water partition coefficient (Wildman–Crippen LogP) is 4.80. The molecule has 0 unspecified atom stereocenters. The lowest BCUT2D eigenvalue weighted by atomic mass is 10.2. The van der Waals surface area contributed by atoms with E-state index in [0.717, 1.165) is 10.0 Å². The van der Waals surface area contributed by atoms with Gasteiger partial charge in [0.2, 0.25) is 0 Å². The van der Waals surface area contributed by atoms with Crippen LogP contribution < -0.4 is 4.74 Å². The summed E-state index contributed by atoms with van der Waals surface area (Å²) in [7, 11) is 0. The maximum Gasteiger partial charge on any atom is 0.306 e. The number of carbonyl (C=O) groups excluding carboxylic acids is 1. The van der Waals surface area contributed by atoms with Crippen LogP contribution in [0.1, 0.15) is 12.3 Å². The third kappa shape index (κ3) is 5.92. The summed E-state index contributed by atoms with van der Waals surface area (Å²) in [4.78, 5) is 15.9. The van der Waals surface area contributed by atoms with Crippen molar-refractivity contribution in [3.05, 3.63) is 70.9 Å². The Hall–Kier alpha value is -2.67. The van der Waals surface area contributed by atoms with Gasteiger partial charge in [-0.05, 0) is 48.5 Å². The topological polar surface area (TPSA) is 61.6 Å². The van der Waals surface area contributed by atoms with Crippen molar-refractivity contribution in [2.24, 2.45) is 0 Å². The van der Waals surface area contributed by atoms with Crippen LogP contribution in [-0.4, -0.2) is 24.2 Å². The van der Waals surface area contributed by atoms with E-state index in [9.17, 15) is 9.18 Å². The van der Waals surface area contributed by atoms with E-state index in [4.69, 9.17) is 13.9 Å². The summed E-state index contributed by atoms with van der Waals surface area (Å²) in [6.07, 6.45) is 2.04. The van der Waals surface area contributed by atoms with Crippen molar-refractivity contribution in [1.82, 2.24) is 4.98 Å². The fourth-order valence-corrected chi connectivity index (χ4v) is 2.56. The molecule has 0 aliphatic carbocycles. The molecular weight excluding hydrogens is 417 g/mol. The maximum absolute atomic E-state index is 12.9. The van der Waals surface area contributed by atoms with Gasteiger partial charge in [-0.3, -0.25) is 4.79 Å². The SMILES string of the molecule is O=C(CCc1ncc(-c2ccc(F)cc2)o1)OCCOc1ccc(Br)cc1. The highest BCUT2D eigenvalue weighted by Gasteiger charge is 2.10. The molecule has 140 valence electrons. The summed E-state index contributed by atoms with van der Waals surface area (Å²) >= 11 is 3.35. The van der Waals surface area contributed by atoms with Crippen molar-refractivity contribution in [2.75, 3.05) is 13.2 Å². The number of benzene rings is 2. The molecule has 0 radical (unpaired) electrons. The van der Waals surface area contributed by atoms with E-state index in [1.165, 1.54) is 12.1 Å². The molecule has 7 heteroatoms. The summed E-state index contributed by atoms with van der Waals surface area (Å²) in [5.74, 6) is 1.00. The van der Waals surface area contributed by atoms with Crippen molar-refractivity contribution in [2.45, 2.75) is 12.8 Å². The van der Waals surface area contributed by atoms with Gasteiger partial charge in [-0.25, -0.2) is 9.37 Å². The van der Waals surface area contributed by atoms with Crippen LogP contribution in [0.15, 0.2) is 63.6 Å². The van der Waals surface area contributed by atoms with Gasteiger partial charge in [0.25, 0.3) is 0 Å². The van der Waals surface area contributed by atoms with E-state index in [2.05, 4.69) is 20.9 Å². The zero-order valence-corrected chi connectivity index (χ0v) is 15.9. The van der Waals surface area contributed by atoms with Gasteiger partial charge in [0.1, 0.15) is 24.8 Å². The molecule has 1 heterocycles. The number of hydrogen-bond acceptors (Lipinski definition) is 5. The minimum Gasteiger partial charge on any atom is -0.490 e. The molecule has 5 nitrogen and oxygen atoms in total. The van der Waals surface area contributed by atoms with Crippen LogP contribution in [0.2, 0.25) is 0 Å². The van der Waals surface area contributed by atoms with Crippen molar-refractivity contribution in [1.29, 1.82) is 0 Å². The Kier molecular flexibility index (Phi) is 6.59. The Balaban J connectivity index is 1.38. The van der Waals surface area contributed by atoms with Crippen LogP contribution in [0.3, 0.4) is 0 Å². The molecule has 3 rings (SSSR count). The predicted molar refractivity (Wildman–Crippen MR) is 101 cm³/mol. The number of esters is 1. The quantitative estimate of drug-likeness (QED) is 0.377. The second kappa shape index (κ2) is 9.32. The highest BCUT2D eigenvalue weighted by molar-refractivity contribution is 9.10. The monoisotopic (exact) mass is 433 g/mol.